The van der Waals surface area contributed by atoms with E-state index in [2.05, 4.69) is 34.0 Å². The van der Waals surface area contributed by atoms with Gasteiger partial charge in [-0.25, -0.2) is 4.98 Å². The topological polar surface area (TPSA) is 59.5 Å². The predicted octanol–water partition coefficient (Wildman–Crippen LogP) is 1.95. The summed E-state index contributed by atoms with van der Waals surface area (Å²) in [6.07, 6.45) is 1.74. The highest BCUT2D eigenvalue weighted by Gasteiger charge is 2.40. The lowest BCUT2D eigenvalue weighted by Crippen LogP contribution is -2.45. The standard InChI is InChI=1S/C15H24N4O2/c1-11(2)16-13-10-12(3)17-14(18-13)19-6-4-15(5-7-19)20-8-9-21-15/h10-11H,4-9H2,1-3H3,(H,16,17,18). The van der Waals surface area contributed by atoms with Gasteiger partial charge in [-0.1, -0.05) is 0 Å². The van der Waals surface area contributed by atoms with Gasteiger partial charge in [0, 0.05) is 43.7 Å². The highest BCUT2D eigenvalue weighted by molar-refractivity contribution is 5.44. The fourth-order valence-corrected chi connectivity index (χ4v) is 2.90. The molecule has 0 aromatic carbocycles. The van der Waals surface area contributed by atoms with Gasteiger partial charge in [-0.15, -0.1) is 0 Å². The molecule has 2 aliphatic heterocycles. The summed E-state index contributed by atoms with van der Waals surface area (Å²) in [4.78, 5) is 11.4. The Labute approximate surface area is 125 Å². The number of nitrogens with one attached hydrogen (secondary N) is 1. The maximum Gasteiger partial charge on any atom is 0.227 e. The van der Waals surface area contributed by atoms with E-state index in [1.807, 2.05) is 13.0 Å². The fourth-order valence-electron chi connectivity index (χ4n) is 2.90. The zero-order chi connectivity index (χ0) is 14.9. The number of piperidine rings is 1. The second-order valence-electron chi connectivity index (χ2n) is 6.09. The minimum atomic E-state index is -0.348. The summed E-state index contributed by atoms with van der Waals surface area (Å²) >= 11 is 0. The van der Waals surface area contributed by atoms with Crippen molar-refractivity contribution in [3.63, 3.8) is 0 Å². The number of hydrogen-bond acceptors (Lipinski definition) is 6. The van der Waals surface area contributed by atoms with Gasteiger partial charge in [0.2, 0.25) is 5.95 Å². The van der Waals surface area contributed by atoms with Crippen molar-refractivity contribution in [2.45, 2.75) is 45.4 Å². The molecular formula is C15H24N4O2. The van der Waals surface area contributed by atoms with E-state index < -0.39 is 0 Å². The Bertz CT molecular complexity index is 490. The highest BCUT2D eigenvalue weighted by Crippen LogP contribution is 2.32. The minimum Gasteiger partial charge on any atom is -0.368 e. The van der Waals surface area contributed by atoms with Crippen LogP contribution in [0, 0.1) is 6.92 Å². The molecule has 0 saturated carbocycles. The van der Waals surface area contributed by atoms with Crippen LogP contribution in [0.2, 0.25) is 0 Å². The number of aromatic nitrogens is 2. The van der Waals surface area contributed by atoms with Crippen molar-refractivity contribution >= 4 is 11.8 Å². The Hall–Kier alpha value is -1.40. The molecule has 2 saturated heterocycles. The molecule has 116 valence electrons. The number of rotatable bonds is 3. The van der Waals surface area contributed by atoms with Crippen LogP contribution in [0.3, 0.4) is 0 Å². The molecule has 2 aliphatic rings. The molecule has 1 aromatic rings. The lowest BCUT2D eigenvalue weighted by atomic mass is 10.0. The summed E-state index contributed by atoms with van der Waals surface area (Å²) in [6, 6.07) is 2.34. The monoisotopic (exact) mass is 292 g/mol. The van der Waals surface area contributed by atoms with Gasteiger partial charge in [-0.05, 0) is 20.8 Å². The van der Waals surface area contributed by atoms with Crippen LogP contribution in [0.25, 0.3) is 0 Å². The molecule has 0 aliphatic carbocycles. The minimum absolute atomic E-state index is 0.348. The second kappa shape index (κ2) is 5.77. The Morgan fingerprint density at radius 2 is 1.86 bits per heavy atom. The molecule has 3 rings (SSSR count). The molecule has 2 fully saturated rings. The average molecular weight is 292 g/mol. The molecule has 0 atom stereocenters. The van der Waals surface area contributed by atoms with E-state index in [1.54, 1.807) is 0 Å². The third kappa shape index (κ3) is 3.27. The Balaban J connectivity index is 1.71. The van der Waals surface area contributed by atoms with E-state index in [1.165, 1.54) is 0 Å². The van der Waals surface area contributed by atoms with Gasteiger partial charge >= 0.3 is 0 Å². The summed E-state index contributed by atoms with van der Waals surface area (Å²) in [7, 11) is 0. The van der Waals surface area contributed by atoms with Crippen molar-refractivity contribution in [2.75, 3.05) is 36.5 Å². The number of anilines is 2. The van der Waals surface area contributed by atoms with Crippen molar-refractivity contribution in [1.82, 2.24) is 9.97 Å². The predicted molar refractivity (Wildman–Crippen MR) is 81.6 cm³/mol. The van der Waals surface area contributed by atoms with Crippen LogP contribution in [-0.2, 0) is 9.47 Å². The number of hydrogen-bond donors (Lipinski definition) is 1. The first kappa shape index (κ1) is 14.5. The number of nitrogens with zero attached hydrogens (tertiary/aromatic N) is 3. The summed E-state index contributed by atoms with van der Waals surface area (Å²) in [6.45, 7) is 9.38. The lowest BCUT2D eigenvalue weighted by Gasteiger charge is -2.37. The van der Waals surface area contributed by atoms with E-state index in [9.17, 15) is 0 Å². The van der Waals surface area contributed by atoms with Gasteiger partial charge in [0.05, 0.1) is 13.2 Å². The molecule has 0 amide bonds. The first-order valence-corrected chi connectivity index (χ1v) is 7.71. The van der Waals surface area contributed by atoms with Gasteiger partial charge in [0.1, 0.15) is 5.82 Å². The quantitative estimate of drug-likeness (QED) is 0.919. The highest BCUT2D eigenvalue weighted by atomic mass is 16.7. The summed E-state index contributed by atoms with van der Waals surface area (Å²) in [5, 5.41) is 3.35. The fraction of sp³-hybridized carbons (Fsp3) is 0.733. The summed E-state index contributed by atoms with van der Waals surface area (Å²) < 4.78 is 11.5. The third-order valence-electron chi connectivity index (χ3n) is 3.90. The summed E-state index contributed by atoms with van der Waals surface area (Å²) in [5.41, 5.74) is 0.983. The van der Waals surface area contributed by atoms with Crippen molar-refractivity contribution in [3.05, 3.63) is 11.8 Å². The first-order chi connectivity index (χ1) is 10.1. The second-order valence-corrected chi connectivity index (χ2v) is 6.09. The molecule has 21 heavy (non-hydrogen) atoms. The SMILES string of the molecule is Cc1cc(NC(C)C)nc(N2CCC3(CC2)OCCO3)n1. The molecule has 0 unspecified atom stereocenters. The van der Waals surface area contributed by atoms with Crippen LogP contribution < -0.4 is 10.2 Å². The molecule has 0 radical (unpaired) electrons. The molecule has 6 nitrogen and oxygen atoms in total. The van der Waals surface area contributed by atoms with Crippen molar-refractivity contribution in [3.8, 4) is 0 Å². The smallest absolute Gasteiger partial charge is 0.227 e. The molecule has 1 spiro atoms. The summed E-state index contributed by atoms with van der Waals surface area (Å²) in [5.74, 6) is 1.34. The van der Waals surface area contributed by atoms with Gasteiger partial charge in [0.25, 0.3) is 0 Å². The maximum atomic E-state index is 5.76. The zero-order valence-electron chi connectivity index (χ0n) is 13.1. The van der Waals surface area contributed by atoms with E-state index >= 15 is 0 Å². The molecule has 6 heteroatoms. The lowest BCUT2D eigenvalue weighted by molar-refractivity contribution is -0.169. The van der Waals surface area contributed by atoms with Crippen LogP contribution >= 0.6 is 0 Å². The Kier molecular flexibility index (Phi) is 3.99. The maximum absolute atomic E-state index is 5.76. The molecule has 1 N–H and O–H groups in total. The van der Waals surface area contributed by atoms with E-state index in [4.69, 9.17) is 9.47 Å². The largest absolute Gasteiger partial charge is 0.368 e. The van der Waals surface area contributed by atoms with E-state index in [-0.39, 0.29) is 5.79 Å². The van der Waals surface area contributed by atoms with Crippen LogP contribution in [0.1, 0.15) is 32.4 Å². The van der Waals surface area contributed by atoms with E-state index in [0.717, 1.165) is 43.4 Å². The molecule has 3 heterocycles. The first-order valence-electron chi connectivity index (χ1n) is 7.71. The Morgan fingerprint density at radius 1 is 1.19 bits per heavy atom. The molecule has 0 bridgehead atoms. The van der Waals surface area contributed by atoms with Crippen LogP contribution in [0.4, 0.5) is 11.8 Å². The van der Waals surface area contributed by atoms with Gasteiger partial charge in [-0.3, -0.25) is 0 Å². The van der Waals surface area contributed by atoms with Crippen molar-refractivity contribution in [2.24, 2.45) is 0 Å². The zero-order valence-corrected chi connectivity index (χ0v) is 13.1. The van der Waals surface area contributed by atoms with Crippen molar-refractivity contribution in [1.29, 1.82) is 0 Å². The van der Waals surface area contributed by atoms with Crippen LogP contribution in [0.15, 0.2) is 6.07 Å². The number of ether oxygens (including phenoxy) is 2. The third-order valence-corrected chi connectivity index (χ3v) is 3.90. The van der Waals surface area contributed by atoms with E-state index in [0.29, 0.717) is 19.3 Å². The Morgan fingerprint density at radius 3 is 2.48 bits per heavy atom. The normalized spacial score (nSPS) is 21.2. The number of aryl methyl sites for hydroxylation is 1. The molecular weight excluding hydrogens is 268 g/mol. The van der Waals surface area contributed by atoms with Crippen LogP contribution in [0.5, 0.6) is 0 Å². The average Bonchev–Trinajstić information content (AvgIpc) is 2.86. The van der Waals surface area contributed by atoms with Gasteiger partial charge in [-0.2, -0.15) is 4.98 Å². The van der Waals surface area contributed by atoms with Gasteiger partial charge < -0.3 is 19.7 Å². The van der Waals surface area contributed by atoms with Gasteiger partial charge in [0.15, 0.2) is 5.79 Å². The molecule has 1 aromatic heterocycles. The van der Waals surface area contributed by atoms with Crippen LogP contribution in [-0.4, -0.2) is 48.1 Å². The van der Waals surface area contributed by atoms with Crippen molar-refractivity contribution < 1.29 is 9.47 Å².